The van der Waals surface area contributed by atoms with Gasteiger partial charge in [0.05, 0.1) is 6.10 Å². The average Bonchev–Trinajstić information content (AvgIpc) is 2.34. The standard InChI is InChI=1S/C15H23NO3/c1-10(2)16-13(8-9-14(17)18)15(19)12-6-4-11(3)5-7-12/h4-7,10,13,15-16,19H,8-9H2,1-3H3,(H,17,18). The predicted molar refractivity (Wildman–Crippen MR) is 75.1 cm³/mol. The fourth-order valence-corrected chi connectivity index (χ4v) is 2.04. The fourth-order valence-electron chi connectivity index (χ4n) is 2.04. The van der Waals surface area contributed by atoms with E-state index in [4.69, 9.17) is 5.11 Å². The second kappa shape index (κ2) is 7.26. The smallest absolute Gasteiger partial charge is 0.303 e. The first-order valence-corrected chi connectivity index (χ1v) is 6.62. The Bertz CT molecular complexity index is 400. The summed E-state index contributed by atoms with van der Waals surface area (Å²) in [6.45, 7) is 5.95. The molecular weight excluding hydrogens is 242 g/mol. The summed E-state index contributed by atoms with van der Waals surface area (Å²) in [6, 6.07) is 7.60. The summed E-state index contributed by atoms with van der Waals surface area (Å²) < 4.78 is 0. The molecule has 1 aromatic carbocycles. The quantitative estimate of drug-likeness (QED) is 0.707. The molecule has 106 valence electrons. The van der Waals surface area contributed by atoms with E-state index in [-0.39, 0.29) is 18.5 Å². The minimum absolute atomic E-state index is 0.0489. The molecule has 0 spiro atoms. The molecule has 0 radical (unpaired) electrons. The number of hydrogen-bond acceptors (Lipinski definition) is 3. The monoisotopic (exact) mass is 265 g/mol. The Kier molecular flexibility index (Phi) is 5.99. The van der Waals surface area contributed by atoms with Gasteiger partial charge in [0.2, 0.25) is 0 Å². The highest BCUT2D eigenvalue weighted by molar-refractivity contribution is 5.66. The summed E-state index contributed by atoms with van der Waals surface area (Å²) in [4.78, 5) is 10.7. The van der Waals surface area contributed by atoms with Crippen molar-refractivity contribution in [2.75, 3.05) is 0 Å². The van der Waals surface area contributed by atoms with Crippen LogP contribution in [0.1, 0.15) is 43.9 Å². The van der Waals surface area contributed by atoms with Crippen LogP contribution in [0.2, 0.25) is 0 Å². The van der Waals surface area contributed by atoms with Crippen molar-refractivity contribution >= 4 is 5.97 Å². The first-order chi connectivity index (χ1) is 8.90. The summed E-state index contributed by atoms with van der Waals surface area (Å²) in [5, 5.41) is 22.4. The van der Waals surface area contributed by atoms with Gasteiger partial charge in [0.25, 0.3) is 0 Å². The van der Waals surface area contributed by atoms with Crippen LogP contribution < -0.4 is 5.32 Å². The molecule has 4 nitrogen and oxygen atoms in total. The zero-order valence-electron chi connectivity index (χ0n) is 11.8. The summed E-state index contributed by atoms with van der Waals surface area (Å²) in [5.41, 5.74) is 1.95. The topological polar surface area (TPSA) is 69.6 Å². The van der Waals surface area contributed by atoms with E-state index in [1.165, 1.54) is 0 Å². The van der Waals surface area contributed by atoms with Gasteiger partial charge in [-0.3, -0.25) is 4.79 Å². The van der Waals surface area contributed by atoms with Gasteiger partial charge in [0, 0.05) is 18.5 Å². The lowest BCUT2D eigenvalue weighted by molar-refractivity contribution is -0.137. The Morgan fingerprint density at radius 1 is 1.26 bits per heavy atom. The van der Waals surface area contributed by atoms with Crippen LogP contribution in [0, 0.1) is 6.92 Å². The van der Waals surface area contributed by atoms with Crippen LogP contribution in [0.5, 0.6) is 0 Å². The second-order valence-corrected chi connectivity index (χ2v) is 5.22. The van der Waals surface area contributed by atoms with E-state index in [9.17, 15) is 9.90 Å². The zero-order valence-corrected chi connectivity index (χ0v) is 11.8. The van der Waals surface area contributed by atoms with Gasteiger partial charge in [-0.25, -0.2) is 0 Å². The van der Waals surface area contributed by atoms with Crippen molar-refractivity contribution in [2.24, 2.45) is 0 Å². The van der Waals surface area contributed by atoms with Gasteiger partial charge >= 0.3 is 5.97 Å². The molecule has 0 aliphatic carbocycles. The fraction of sp³-hybridized carbons (Fsp3) is 0.533. The third kappa shape index (κ3) is 5.41. The van der Waals surface area contributed by atoms with E-state index in [0.717, 1.165) is 11.1 Å². The molecule has 0 aliphatic heterocycles. The molecule has 0 amide bonds. The maximum atomic E-state index is 10.7. The zero-order chi connectivity index (χ0) is 14.4. The molecule has 1 rings (SSSR count). The molecular formula is C15H23NO3. The number of carboxylic acid groups (broad SMARTS) is 1. The number of carbonyl (C=O) groups is 1. The molecule has 3 N–H and O–H groups in total. The Balaban J connectivity index is 2.77. The van der Waals surface area contributed by atoms with E-state index in [2.05, 4.69) is 5.32 Å². The highest BCUT2D eigenvalue weighted by atomic mass is 16.4. The molecule has 19 heavy (non-hydrogen) atoms. The molecule has 0 fully saturated rings. The number of benzene rings is 1. The van der Waals surface area contributed by atoms with E-state index < -0.39 is 12.1 Å². The Hall–Kier alpha value is -1.39. The Morgan fingerprint density at radius 2 is 1.84 bits per heavy atom. The summed E-state index contributed by atoms with van der Waals surface area (Å²) >= 11 is 0. The third-order valence-electron chi connectivity index (χ3n) is 3.02. The van der Waals surface area contributed by atoms with E-state index in [0.29, 0.717) is 6.42 Å². The van der Waals surface area contributed by atoms with Crippen LogP contribution >= 0.6 is 0 Å². The summed E-state index contributed by atoms with van der Waals surface area (Å²) in [6.07, 6.45) is -0.238. The van der Waals surface area contributed by atoms with Crippen LogP contribution in [0.25, 0.3) is 0 Å². The second-order valence-electron chi connectivity index (χ2n) is 5.22. The number of nitrogens with one attached hydrogen (secondary N) is 1. The van der Waals surface area contributed by atoms with Crippen molar-refractivity contribution in [1.29, 1.82) is 0 Å². The van der Waals surface area contributed by atoms with Gasteiger partial charge in [0.1, 0.15) is 0 Å². The van der Waals surface area contributed by atoms with Gasteiger partial charge in [0.15, 0.2) is 0 Å². The number of aliphatic hydroxyl groups excluding tert-OH is 1. The third-order valence-corrected chi connectivity index (χ3v) is 3.02. The van der Waals surface area contributed by atoms with E-state index >= 15 is 0 Å². The number of carboxylic acids is 1. The maximum Gasteiger partial charge on any atom is 0.303 e. The molecule has 4 heteroatoms. The normalized spacial score (nSPS) is 14.4. The largest absolute Gasteiger partial charge is 0.481 e. The van der Waals surface area contributed by atoms with Crippen molar-refractivity contribution < 1.29 is 15.0 Å². The number of aliphatic hydroxyl groups is 1. The molecule has 0 heterocycles. The number of rotatable bonds is 7. The van der Waals surface area contributed by atoms with Crippen molar-refractivity contribution in [3.8, 4) is 0 Å². The first kappa shape index (κ1) is 15.7. The van der Waals surface area contributed by atoms with Crippen molar-refractivity contribution in [3.63, 3.8) is 0 Å². The Labute approximate surface area is 114 Å². The average molecular weight is 265 g/mol. The molecule has 0 saturated carbocycles. The van der Waals surface area contributed by atoms with Crippen LogP contribution in [0.3, 0.4) is 0 Å². The molecule has 2 unspecified atom stereocenters. The van der Waals surface area contributed by atoms with E-state index in [1.54, 1.807) is 0 Å². The SMILES string of the molecule is Cc1ccc(C(O)C(CCC(=O)O)NC(C)C)cc1. The maximum absolute atomic E-state index is 10.7. The predicted octanol–water partition coefficient (Wildman–Crippen LogP) is 2.26. The van der Waals surface area contributed by atoms with Gasteiger partial charge in [-0.05, 0) is 18.9 Å². The van der Waals surface area contributed by atoms with Gasteiger partial charge in [-0.2, -0.15) is 0 Å². The van der Waals surface area contributed by atoms with Crippen LogP contribution in [-0.4, -0.2) is 28.3 Å². The lowest BCUT2D eigenvalue weighted by Crippen LogP contribution is -2.39. The molecule has 0 aromatic heterocycles. The number of aryl methyl sites for hydroxylation is 1. The van der Waals surface area contributed by atoms with Gasteiger partial charge < -0.3 is 15.5 Å². The molecule has 0 bridgehead atoms. The highest BCUT2D eigenvalue weighted by Crippen LogP contribution is 2.21. The van der Waals surface area contributed by atoms with Crippen LogP contribution in [-0.2, 0) is 4.79 Å². The van der Waals surface area contributed by atoms with Crippen LogP contribution in [0.15, 0.2) is 24.3 Å². The lowest BCUT2D eigenvalue weighted by Gasteiger charge is -2.26. The van der Waals surface area contributed by atoms with Crippen molar-refractivity contribution in [2.45, 2.75) is 51.8 Å². The van der Waals surface area contributed by atoms with Crippen molar-refractivity contribution in [1.82, 2.24) is 5.32 Å². The van der Waals surface area contributed by atoms with Gasteiger partial charge in [-0.15, -0.1) is 0 Å². The van der Waals surface area contributed by atoms with Crippen molar-refractivity contribution in [3.05, 3.63) is 35.4 Å². The highest BCUT2D eigenvalue weighted by Gasteiger charge is 2.22. The molecule has 0 aliphatic rings. The van der Waals surface area contributed by atoms with Crippen LogP contribution in [0.4, 0.5) is 0 Å². The molecule has 0 saturated heterocycles. The lowest BCUT2D eigenvalue weighted by atomic mass is 9.97. The van der Waals surface area contributed by atoms with E-state index in [1.807, 2.05) is 45.0 Å². The minimum atomic E-state index is -0.841. The molecule has 1 aromatic rings. The molecule has 2 atom stereocenters. The number of hydrogen-bond donors (Lipinski definition) is 3. The number of aliphatic carboxylic acids is 1. The summed E-state index contributed by atoms with van der Waals surface area (Å²) in [5.74, 6) is -0.841. The first-order valence-electron chi connectivity index (χ1n) is 6.62. The van der Waals surface area contributed by atoms with Gasteiger partial charge in [-0.1, -0.05) is 43.7 Å². The minimum Gasteiger partial charge on any atom is -0.481 e. The summed E-state index contributed by atoms with van der Waals surface area (Å²) in [7, 11) is 0. The Morgan fingerprint density at radius 3 is 2.32 bits per heavy atom.